The molecule has 6 nitrogen and oxygen atoms in total. The molecule has 0 N–H and O–H groups in total. The molecule has 2 aromatic rings. The molecule has 6 heteroatoms. The molecule has 0 aliphatic carbocycles. The highest BCUT2D eigenvalue weighted by molar-refractivity contribution is 5.68. The van der Waals surface area contributed by atoms with E-state index >= 15 is 0 Å². The number of ether oxygens (including phenoxy) is 2. The number of aromatic nitrogens is 3. The van der Waals surface area contributed by atoms with E-state index in [4.69, 9.17) is 9.47 Å². The lowest BCUT2D eigenvalue weighted by atomic mass is 10.1. The summed E-state index contributed by atoms with van der Waals surface area (Å²) < 4.78 is 12.4. The first-order valence-corrected chi connectivity index (χ1v) is 7.81. The number of unbranched alkanes of at least 4 members (excludes halogenated alkanes) is 3. The zero-order valence-corrected chi connectivity index (χ0v) is 13.9. The van der Waals surface area contributed by atoms with Crippen LogP contribution in [0.15, 0.2) is 18.2 Å². The van der Waals surface area contributed by atoms with Crippen LogP contribution in [-0.2, 0) is 6.54 Å². The van der Waals surface area contributed by atoms with E-state index in [1.165, 1.54) is 12.8 Å². The van der Waals surface area contributed by atoms with Crippen LogP contribution >= 0.6 is 0 Å². The number of nitrogens with zero attached hydrogens (tertiary/aromatic N) is 4. The molecule has 0 aliphatic heterocycles. The van der Waals surface area contributed by atoms with E-state index < -0.39 is 0 Å². The quantitative estimate of drug-likeness (QED) is 0.698. The number of hydrogen-bond acceptors (Lipinski definition) is 5. The summed E-state index contributed by atoms with van der Waals surface area (Å²) in [7, 11) is 3.19. The monoisotopic (exact) mass is 314 g/mol. The van der Waals surface area contributed by atoms with E-state index in [2.05, 4.69) is 23.3 Å². The first-order valence-electron chi connectivity index (χ1n) is 7.81. The van der Waals surface area contributed by atoms with Crippen molar-refractivity contribution < 1.29 is 9.47 Å². The van der Waals surface area contributed by atoms with Crippen molar-refractivity contribution in [1.29, 1.82) is 5.26 Å². The summed E-state index contributed by atoms with van der Waals surface area (Å²) in [5.74, 6) is 1.27. The van der Waals surface area contributed by atoms with E-state index in [0.29, 0.717) is 17.2 Å². The van der Waals surface area contributed by atoms with E-state index in [1.54, 1.807) is 18.9 Å². The summed E-state index contributed by atoms with van der Waals surface area (Å²) >= 11 is 0. The minimum atomic E-state index is 0.327. The average molecular weight is 314 g/mol. The van der Waals surface area contributed by atoms with Gasteiger partial charge in [0.2, 0.25) is 0 Å². The van der Waals surface area contributed by atoms with Crippen molar-refractivity contribution in [2.75, 3.05) is 14.2 Å². The fourth-order valence-electron chi connectivity index (χ4n) is 2.50. The second kappa shape index (κ2) is 8.18. The zero-order valence-electron chi connectivity index (χ0n) is 13.9. The smallest absolute Gasteiger partial charge is 0.190 e. The molecule has 2 rings (SSSR count). The van der Waals surface area contributed by atoms with Gasteiger partial charge in [0.15, 0.2) is 17.2 Å². The SMILES string of the molecule is CCCCCCn1nnc(C#N)c1-c1ccc(OC)c(OC)c1. The molecule has 0 unspecified atom stereocenters. The van der Waals surface area contributed by atoms with E-state index in [9.17, 15) is 5.26 Å². The number of benzene rings is 1. The summed E-state index contributed by atoms with van der Waals surface area (Å²) in [5.41, 5.74) is 1.90. The number of aryl methyl sites for hydroxylation is 1. The van der Waals surface area contributed by atoms with Gasteiger partial charge in [0.25, 0.3) is 0 Å². The number of hydrogen-bond donors (Lipinski definition) is 0. The van der Waals surface area contributed by atoms with Crippen LogP contribution < -0.4 is 9.47 Å². The molecule has 1 aromatic carbocycles. The minimum absolute atomic E-state index is 0.327. The van der Waals surface area contributed by atoms with Gasteiger partial charge in [-0.15, -0.1) is 5.10 Å². The minimum Gasteiger partial charge on any atom is -0.493 e. The molecular weight excluding hydrogens is 292 g/mol. The molecule has 0 saturated heterocycles. The van der Waals surface area contributed by atoms with Crippen molar-refractivity contribution in [2.45, 2.75) is 39.2 Å². The maximum absolute atomic E-state index is 9.31. The molecule has 0 fully saturated rings. The predicted octanol–water partition coefficient (Wildman–Crippen LogP) is 3.41. The third-order valence-corrected chi connectivity index (χ3v) is 3.72. The molecule has 0 spiro atoms. The fraction of sp³-hybridized carbons (Fsp3) is 0.471. The van der Waals surface area contributed by atoms with Crippen LogP contribution in [0, 0.1) is 11.3 Å². The summed E-state index contributed by atoms with van der Waals surface area (Å²) in [6, 6.07) is 7.68. The second-order valence-electron chi connectivity index (χ2n) is 5.25. The predicted molar refractivity (Wildman–Crippen MR) is 87.4 cm³/mol. The largest absolute Gasteiger partial charge is 0.493 e. The summed E-state index contributed by atoms with van der Waals surface area (Å²) in [6.45, 7) is 2.93. The van der Waals surface area contributed by atoms with Gasteiger partial charge in [0.1, 0.15) is 11.8 Å². The Labute approximate surface area is 136 Å². The van der Waals surface area contributed by atoms with E-state index in [-0.39, 0.29) is 0 Å². The Kier molecular flexibility index (Phi) is 5.98. The van der Waals surface area contributed by atoms with Crippen LogP contribution in [-0.4, -0.2) is 29.2 Å². The molecular formula is C17H22N4O2. The molecule has 0 amide bonds. The Morgan fingerprint density at radius 1 is 1.13 bits per heavy atom. The van der Waals surface area contributed by atoms with Gasteiger partial charge in [-0.3, -0.25) is 0 Å². The Balaban J connectivity index is 2.34. The Hall–Kier alpha value is -2.55. The molecule has 0 bridgehead atoms. The summed E-state index contributed by atoms with van der Waals surface area (Å²) in [4.78, 5) is 0. The highest BCUT2D eigenvalue weighted by Gasteiger charge is 2.16. The van der Waals surface area contributed by atoms with Crippen molar-refractivity contribution in [3.05, 3.63) is 23.9 Å². The van der Waals surface area contributed by atoms with Crippen LogP contribution in [0.4, 0.5) is 0 Å². The standard InChI is InChI=1S/C17H22N4O2/c1-4-5-6-7-10-21-17(14(12-18)19-20-21)13-8-9-15(22-2)16(11-13)23-3/h8-9,11H,4-7,10H2,1-3H3. The van der Waals surface area contributed by atoms with Gasteiger partial charge in [-0.25, -0.2) is 4.68 Å². The first-order chi connectivity index (χ1) is 11.2. The molecule has 1 heterocycles. The van der Waals surface area contributed by atoms with Gasteiger partial charge >= 0.3 is 0 Å². The second-order valence-corrected chi connectivity index (χ2v) is 5.25. The molecule has 0 radical (unpaired) electrons. The number of nitriles is 1. The normalized spacial score (nSPS) is 10.3. The molecule has 0 aliphatic rings. The number of rotatable bonds is 8. The molecule has 0 saturated carbocycles. The van der Waals surface area contributed by atoms with Gasteiger partial charge in [-0.05, 0) is 24.6 Å². The average Bonchev–Trinajstić information content (AvgIpc) is 3.01. The van der Waals surface area contributed by atoms with Gasteiger partial charge in [-0.1, -0.05) is 31.4 Å². The maximum Gasteiger partial charge on any atom is 0.190 e. The highest BCUT2D eigenvalue weighted by atomic mass is 16.5. The van der Waals surface area contributed by atoms with Crippen molar-refractivity contribution >= 4 is 0 Å². The van der Waals surface area contributed by atoms with Crippen LogP contribution in [0.1, 0.15) is 38.3 Å². The van der Waals surface area contributed by atoms with E-state index in [0.717, 1.165) is 30.6 Å². The molecule has 122 valence electrons. The van der Waals surface area contributed by atoms with Crippen LogP contribution in [0.25, 0.3) is 11.3 Å². The van der Waals surface area contributed by atoms with Gasteiger partial charge < -0.3 is 9.47 Å². The van der Waals surface area contributed by atoms with Gasteiger partial charge in [-0.2, -0.15) is 5.26 Å². The molecule has 0 atom stereocenters. The Bertz CT molecular complexity index is 688. The summed E-state index contributed by atoms with van der Waals surface area (Å²) in [5, 5.41) is 17.4. The van der Waals surface area contributed by atoms with Crippen molar-refractivity contribution in [1.82, 2.24) is 15.0 Å². The number of methoxy groups -OCH3 is 2. The lowest BCUT2D eigenvalue weighted by Gasteiger charge is -2.11. The zero-order chi connectivity index (χ0) is 16.7. The molecule has 23 heavy (non-hydrogen) atoms. The van der Waals surface area contributed by atoms with Crippen molar-refractivity contribution in [3.8, 4) is 28.8 Å². The summed E-state index contributed by atoms with van der Waals surface area (Å²) in [6.07, 6.45) is 4.54. The highest BCUT2D eigenvalue weighted by Crippen LogP contribution is 2.33. The van der Waals surface area contributed by atoms with Crippen molar-refractivity contribution in [3.63, 3.8) is 0 Å². The third kappa shape index (κ3) is 3.81. The molecule has 1 aromatic heterocycles. The topological polar surface area (TPSA) is 73.0 Å². The van der Waals surface area contributed by atoms with Gasteiger partial charge in [0.05, 0.1) is 14.2 Å². The van der Waals surface area contributed by atoms with E-state index in [1.807, 2.05) is 18.2 Å². The lowest BCUT2D eigenvalue weighted by molar-refractivity contribution is 0.355. The Morgan fingerprint density at radius 2 is 1.91 bits per heavy atom. The van der Waals surface area contributed by atoms with Crippen LogP contribution in [0.3, 0.4) is 0 Å². The first kappa shape index (κ1) is 16.8. The van der Waals surface area contributed by atoms with Crippen LogP contribution in [0.2, 0.25) is 0 Å². The Morgan fingerprint density at radius 3 is 2.57 bits per heavy atom. The van der Waals surface area contributed by atoms with Gasteiger partial charge in [0, 0.05) is 12.1 Å². The third-order valence-electron chi connectivity index (χ3n) is 3.72. The van der Waals surface area contributed by atoms with Crippen LogP contribution in [0.5, 0.6) is 11.5 Å². The lowest BCUT2D eigenvalue weighted by Crippen LogP contribution is -2.03. The fourth-order valence-corrected chi connectivity index (χ4v) is 2.50. The van der Waals surface area contributed by atoms with Crippen molar-refractivity contribution in [2.24, 2.45) is 0 Å². The maximum atomic E-state index is 9.31.